The standard InChI is InChI=1S/C21H19FN2O2/c1-2-15(13-22)14-26-18-6-4-17(5-7-18)21(25)12-16-3-8-19-20(11-16)24-10-9-23-19/h3-11,13H,2,12,14H2,1H3. The third-order valence-electron chi connectivity index (χ3n) is 4.11. The summed E-state index contributed by atoms with van der Waals surface area (Å²) in [5.74, 6) is 0.619. The SMILES string of the molecule is CCC(=CF)COc1ccc(C(=O)Cc2ccc3nccnc3c2)cc1. The molecule has 0 spiro atoms. The first-order chi connectivity index (χ1) is 12.7. The van der Waals surface area contributed by atoms with Crippen LogP contribution < -0.4 is 4.74 Å². The number of ether oxygens (including phenoxy) is 1. The van der Waals surface area contributed by atoms with Crippen LogP contribution in [0.1, 0.15) is 29.3 Å². The first kappa shape index (κ1) is 17.7. The number of carbonyl (C=O) groups is 1. The lowest BCUT2D eigenvalue weighted by molar-refractivity contribution is 0.0993. The van der Waals surface area contributed by atoms with Crippen molar-refractivity contribution in [2.24, 2.45) is 0 Å². The maximum atomic E-state index is 12.5. The Kier molecular flexibility index (Phi) is 5.69. The van der Waals surface area contributed by atoms with E-state index in [2.05, 4.69) is 9.97 Å². The Hall–Kier alpha value is -3.08. The lowest BCUT2D eigenvalue weighted by atomic mass is 10.0. The minimum atomic E-state index is 0.0118. The summed E-state index contributed by atoms with van der Waals surface area (Å²) in [6.45, 7) is 2.08. The van der Waals surface area contributed by atoms with E-state index in [4.69, 9.17) is 4.74 Å². The Bertz CT molecular complexity index is 936. The summed E-state index contributed by atoms with van der Waals surface area (Å²) in [6, 6.07) is 12.5. The average molecular weight is 350 g/mol. The highest BCUT2D eigenvalue weighted by Crippen LogP contribution is 2.17. The molecule has 0 aliphatic rings. The molecule has 0 fully saturated rings. The van der Waals surface area contributed by atoms with E-state index in [0.717, 1.165) is 16.6 Å². The molecule has 5 heteroatoms. The maximum Gasteiger partial charge on any atom is 0.167 e. The highest BCUT2D eigenvalue weighted by molar-refractivity contribution is 5.98. The molecule has 0 radical (unpaired) electrons. The average Bonchev–Trinajstić information content (AvgIpc) is 2.69. The van der Waals surface area contributed by atoms with Gasteiger partial charge in [0.05, 0.1) is 17.4 Å². The number of hydrogen-bond acceptors (Lipinski definition) is 4. The predicted octanol–water partition coefficient (Wildman–Crippen LogP) is 4.70. The van der Waals surface area contributed by atoms with Crippen LogP contribution in [0, 0.1) is 0 Å². The van der Waals surface area contributed by atoms with Gasteiger partial charge in [-0.15, -0.1) is 0 Å². The molecule has 3 rings (SSSR count). The molecule has 132 valence electrons. The number of ketones is 1. The number of hydrogen-bond donors (Lipinski definition) is 0. The molecule has 26 heavy (non-hydrogen) atoms. The molecular weight excluding hydrogens is 331 g/mol. The number of halogens is 1. The van der Waals surface area contributed by atoms with Gasteiger partial charge in [-0.3, -0.25) is 14.8 Å². The van der Waals surface area contributed by atoms with Crippen molar-refractivity contribution in [1.82, 2.24) is 9.97 Å². The summed E-state index contributed by atoms with van der Waals surface area (Å²) >= 11 is 0. The van der Waals surface area contributed by atoms with Gasteiger partial charge in [-0.2, -0.15) is 0 Å². The molecular formula is C21H19FN2O2. The molecule has 0 aliphatic heterocycles. The number of carbonyl (C=O) groups excluding carboxylic acids is 1. The minimum Gasteiger partial charge on any atom is -0.489 e. The molecule has 2 aromatic carbocycles. The Morgan fingerprint density at radius 2 is 1.81 bits per heavy atom. The fourth-order valence-corrected chi connectivity index (χ4v) is 2.53. The molecule has 1 aromatic heterocycles. The number of Topliss-reactive ketones (excluding diaryl/α,β-unsaturated/α-hetero) is 1. The van der Waals surface area contributed by atoms with E-state index in [0.29, 0.717) is 29.6 Å². The van der Waals surface area contributed by atoms with Crippen molar-refractivity contribution < 1.29 is 13.9 Å². The summed E-state index contributed by atoms with van der Waals surface area (Å²) < 4.78 is 18.1. The second-order valence-corrected chi connectivity index (χ2v) is 5.91. The van der Waals surface area contributed by atoms with Gasteiger partial charge in [-0.25, -0.2) is 4.39 Å². The molecule has 0 aliphatic carbocycles. The highest BCUT2D eigenvalue weighted by atomic mass is 19.1. The van der Waals surface area contributed by atoms with Gasteiger partial charge < -0.3 is 4.74 Å². The van der Waals surface area contributed by atoms with E-state index in [9.17, 15) is 9.18 Å². The summed E-state index contributed by atoms with van der Waals surface area (Å²) in [7, 11) is 0. The molecule has 0 N–H and O–H groups in total. The van der Waals surface area contributed by atoms with Gasteiger partial charge in [0.1, 0.15) is 12.4 Å². The molecule has 0 saturated heterocycles. The monoisotopic (exact) mass is 350 g/mol. The Balaban J connectivity index is 1.65. The van der Waals surface area contributed by atoms with E-state index in [1.165, 1.54) is 0 Å². The third-order valence-corrected chi connectivity index (χ3v) is 4.11. The zero-order valence-electron chi connectivity index (χ0n) is 14.5. The Labute approximate surface area is 151 Å². The Morgan fingerprint density at radius 1 is 1.08 bits per heavy atom. The largest absolute Gasteiger partial charge is 0.489 e. The van der Waals surface area contributed by atoms with E-state index in [-0.39, 0.29) is 18.8 Å². The van der Waals surface area contributed by atoms with Crippen molar-refractivity contribution >= 4 is 16.8 Å². The van der Waals surface area contributed by atoms with Crippen LogP contribution in [-0.2, 0) is 6.42 Å². The molecule has 0 atom stereocenters. The van der Waals surface area contributed by atoms with Crippen molar-refractivity contribution in [1.29, 1.82) is 0 Å². The van der Waals surface area contributed by atoms with Crippen molar-refractivity contribution in [3.63, 3.8) is 0 Å². The molecule has 0 amide bonds. The topological polar surface area (TPSA) is 52.1 Å². The van der Waals surface area contributed by atoms with Gasteiger partial charge in [0.15, 0.2) is 5.78 Å². The van der Waals surface area contributed by atoms with Gasteiger partial charge in [-0.05, 0) is 54.0 Å². The van der Waals surface area contributed by atoms with Crippen LogP contribution in [-0.4, -0.2) is 22.4 Å². The van der Waals surface area contributed by atoms with E-state index < -0.39 is 0 Å². The fraction of sp³-hybridized carbons (Fsp3) is 0.190. The number of benzene rings is 2. The van der Waals surface area contributed by atoms with Crippen molar-refractivity contribution in [2.45, 2.75) is 19.8 Å². The third kappa shape index (κ3) is 4.30. The number of aromatic nitrogens is 2. The summed E-state index contributed by atoms with van der Waals surface area (Å²) in [4.78, 5) is 21.0. The minimum absolute atomic E-state index is 0.0118. The quantitative estimate of drug-likeness (QED) is 0.580. The molecule has 0 saturated carbocycles. The van der Waals surface area contributed by atoms with Gasteiger partial charge in [0.25, 0.3) is 0 Å². The van der Waals surface area contributed by atoms with Gasteiger partial charge in [-0.1, -0.05) is 13.0 Å². The van der Waals surface area contributed by atoms with Crippen LogP contribution in [0.25, 0.3) is 11.0 Å². The zero-order valence-corrected chi connectivity index (χ0v) is 14.5. The van der Waals surface area contributed by atoms with Crippen molar-refractivity contribution in [2.75, 3.05) is 6.61 Å². The van der Waals surface area contributed by atoms with E-state index in [1.807, 2.05) is 25.1 Å². The lowest BCUT2D eigenvalue weighted by Crippen LogP contribution is -2.04. The van der Waals surface area contributed by atoms with Crippen LogP contribution >= 0.6 is 0 Å². The maximum absolute atomic E-state index is 12.5. The van der Waals surface area contributed by atoms with Gasteiger partial charge in [0.2, 0.25) is 0 Å². The predicted molar refractivity (Wildman–Crippen MR) is 99.0 cm³/mol. The van der Waals surface area contributed by atoms with E-state index in [1.54, 1.807) is 36.7 Å². The number of nitrogens with zero attached hydrogens (tertiary/aromatic N) is 2. The molecule has 0 bridgehead atoms. The summed E-state index contributed by atoms with van der Waals surface area (Å²) in [6.07, 6.45) is 4.74. The lowest BCUT2D eigenvalue weighted by Gasteiger charge is -2.08. The summed E-state index contributed by atoms with van der Waals surface area (Å²) in [5.41, 5.74) is 3.66. The number of rotatable bonds is 7. The Morgan fingerprint density at radius 3 is 2.50 bits per heavy atom. The van der Waals surface area contributed by atoms with Crippen molar-refractivity contribution in [3.8, 4) is 5.75 Å². The second kappa shape index (κ2) is 8.34. The molecule has 3 aromatic rings. The van der Waals surface area contributed by atoms with Crippen LogP contribution in [0.2, 0.25) is 0 Å². The first-order valence-electron chi connectivity index (χ1n) is 8.43. The first-order valence-corrected chi connectivity index (χ1v) is 8.43. The van der Waals surface area contributed by atoms with Crippen LogP contribution in [0.5, 0.6) is 5.75 Å². The summed E-state index contributed by atoms with van der Waals surface area (Å²) in [5, 5.41) is 0. The zero-order chi connectivity index (χ0) is 18.4. The normalized spacial score (nSPS) is 11.5. The highest BCUT2D eigenvalue weighted by Gasteiger charge is 2.09. The van der Waals surface area contributed by atoms with Gasteiger partial charge >= 0.3 is 0 Å². The molecule has 0 unspecified atom stereocenters. The van der Waals surface area contributed by atoms with Gasteiger partial charge in [0, 0.05) is 24.4 Å². The molecule has 4 nitrogen and oxygen atoms in total. The number of fused-ring (bicyclic) bond motifs is 1. The fourth-order valence-electron chi connectivity index (χ4n) is 2.53. The smallest absolute Gasteiger partial charge is 0.167 e. The second-order valence-electron chi connectivity index (χ2n) is 5.91. The molecule has 1 heterocycles. The van der Waals surface area contributed by atoms with Crippen LogP contribution in [0.4, 0.5) is 4.39 Å². The van der Waals surface area contributed by atoms with Crippen LogP contribution in [0.3, 0.4) is 0 Å². The van der Waals surface area contributed by atoms with Crippen LogP contribution in [0.15, 0.2) is 66.8 Å². The van der Waals surface area contributed by atoms with Crippen molar-refractivity contribution in [3.05, 3.63) is 77.9 Å². The van der Waals surface area contributed by atoms with E-state index >= 15 is 0 Å².